The number of hydrogen-bond acceptors (Lipinski definition) is 2. The smallest absolute Gasteiger partial charge is 0.352 e. The molecule has 1 fully saturated rings. The van der Waals surface area contributed by atoms with Gasteiger partial charge in [0.05, 0.1) is 5.56 Å². The molecule has 1 heterocycles. The van der Waals surface area contributed by atoms with Gasteiger partial charge in [0, 0.05) is 18.2 Å². The highest BCUT2D eigenvalue weighted by molar-refractivity contribution is 5.94. The van der Waals surface area contributed by atoms with Gasteiger partial charge in [0.15, 0.2) is 0 Å². The first-order valence-electron chi connectivity index (χ1n) is 6.76. The maximum Gasteiger partial charge on any atom is 0.419 e. The van der Waals surface area contributed by atoms with Gasteiger partial charge in [-0.3, -0.25) is 4.79 Å². The SMILES string of the molecule is O=C(NCC[C@H]1CCCN1)c1ccc(F)c(C(F)(F)F)c1. The van der Waals surface area contributed by atoms with E-state index in [1.54, 1.807) is 0 Å². The summed E-state index contributed by atoms with van der Waals surface area (Å²) >= 11 is 0. The first-order chi connectivity index (χ1) is 9.88. The fourth-order valence-electron chi connectivity index (χ4n) is 2.35. The number of alkyl halides is 3. The second-order valence-corrected chi connectivity index (χ2v) is 5.03. The van der Waals surface area contributed by atoms with Crippen molar-refractivity contribution in [1.82, 2.24) is 10.6 Å². The van der Waals surface area contributed by atoms with Crippen LogP contribution < -0.4 is 10.6 Å². The number of nitrogens with one attached hydrogen (secondary N) is 2. The van der Waals surface area contributed by atoms with Crippen LogP contribution in [0.15, 0.2) is 18.2 Å². The summed E-state index contributed by atoms with van der Waals surface area (Å²) in [7, 11) is 0. The predicted octanol–water partition coefficient (Wildman–Crippen LogP) is 2.72. The van der Waals surface area contributed by atoms with Gasteiger partial charge in [0.1, 0.15) is 5.82 Å². The number of carbonyl (C=O) groups is 1. The molecule has 2 rings (SSSR count). The average Bonchev–Trinajstić information content (AvgIpc) is 2.91. The quantitative estimate of drug-likeness (QED) is 0.840. The molecule has 0 radical (unpaired) electrons. The molecule has 21 heavy (non-hydrogen) atoms. The third-order valence-corrected chi connectivity index (χ3v) is 3.47. The topological polar surface area (TPSA) is 41.1 Å². The Kier molecular flexibility index (Phi) is 4.82. The molecule has 1 aromatic carbocycles. The number of hydrogen-bond donors (Lipinski definition) is 2. The third-order valence-electron chi connectivity index (χ3n) is 3.47. The molecule has 0 spiro atoms. The Morgan fingerprint density at radius 1 is 1.38 bits per heavy atom. The molecule has 1 atom stereocenters. The number of rotatable bonds is 4. The van der Waals surface area contributed by atoms with Gasteiger partial charge in [-0.2, -0.15) is 13.2 Å². The highest BCUT2D eigenvalue weighted by Gasteiger charge is 2.34. The number of amides is 1. The largest absolute Gasteiger partial charge is 0.419 e. The van der Waals surface area contributed by atoms with Crippen molar-refractivity contribution in [3.8, 4) is 0 Å². The van der Waals surface area contributed by atoms with E-state index >= 15 is 0 Å². The van der Waals surface area contributed by atoms with Gasteiger partial charge in [-0.1, -0.05) is 0 Å². The van der Waals surface area contributed by atoms with Crippen molar-refractivity contribution in [3.63, 3.8) is 0 Å². The van der Waals surface area contributed by atoms with Crippen molar-refractivity contribution >= 4 is 5.91 Å². The summed E-state index contributed by atoms with van der Waals surface area (Å²) in [5.41, 5.74) is -1.62. The van der Waals surface area contributed by atoms with Crippen LogP contribution in [0.4, 0.5) is 17.6 Å². The Morgan fingerprint density at radius 3 is 2.76 bits per heavy atom. The molecule has 1 aromatic rings. The standard InChI is InChI=1S/C14H16F4N2O/c15-12-4-3-9(8-11(12)14(16,17)18)13(21)20-7-5-10-2-1-6-19-10/h3-4,8,10,19H,1-2,5-7H2,(H,20,21)/t10-/m1/s1. The minimum Gasteiger partial charge on any atom is -0.352 e. The summed E-state index contributed by atoms with van der Waals surface area (Å²) in [5, 5.41) is 5.81. The van der Waals surface area contributed by atoms with Crippen LogP contribution in [0, 0.1) is 5.82 Å². The first kappa shape index (κ1) is 15.8. The van der Waals surface area contributed by atoms with Crippen LogP contribution in [0.2, 0.25) is 0 Å². The number of carbonyl (C=O) groups excluding carboxylic acids is 1. The van der Waals surface area contributed by atoms with Gasteiger partial charge in [-0.25, -0.2) is 4.39 Å². The molecule has 1 amide bonds. The summed E-state index contributed by atoms with van der Waals surface area (Å²) in [5.74, 6) is -2.01. The van der Waals surface area contributed by atoms with E-state index in [4.69, 9.17) is 0 Å². The van der Waals surface area contributed by atoms with E-state index in [0.717, 1.165) is 31.9 Å². The van der Waals surface area contributed by atoms with Gasteiger partial charge in [0.25, 0.3) is 5.91 Å². The Hall–Kier alpha value is -1.63. The van der Waals surface area contributed by atoms with E-state index in [0.29, 0.717) is 24.7 Å². The monoisotopic (exact) mass is 304 g/mol. The van der Waals surface area contributed by atoms with E-state index in [1.807, 2.05) is 0 Å². The van der Waals surface area contributed by atoms with Gasteiger partial charge in [-0.15, -0.1) is 0 Å². The molecule has 0 aromatic heterocycles. The zero-order valence-corrected chi connectivity index (χ0v) is 11.3. The fraction of sp³-hybridized carbons (Fsp3) is 0.500. The molecule has 0 bridgehead atoms. The van der Waals surface area contributed by atoms with Crippen LogP contribution in [0.3, 0.4) is 0 Å². The lowest BCUT2D eigenvalue weighted by molar-refractivity contribution is -0.140. The van der Waals surface area contributed by atoms with Crippen molar-refractivity contribution in [1.29, 1.82) is 0 Å². The first-order valence-corrected chi connectivity index (χ1v) is 6.76. The van der Waals surface area contributed by atoms with Crippen LogP contribution in [0.5, 0.6) is 0 Å². The van der Waals surface area contributed by atoms with Crippen molar-refractivity contribution in [3.05, 3.63) is 35.1 Å². The second-order valence-electron chi connectivity index (χ2n) is 5.03. The zero-order valence-electron chi connectivity index (χ0n) is 11.3. The number of benzene rings is 1. The molecule has 1 saturated heterocycles. The van der Waals surface area contributed by atoms with E-state index in [1.165, 1.54) is 0 Å². The summed E-state index contributed by atoms with van der Waals surface area (Å²) in [6, 6.07) is 2.59. The molecule has 116 valence electrons. The van der Waals surface area contributed by atoms with Gasteiger partial charge in [0.2, 0.25) is 0 Å². The van der Waals surface area contributed by atoms with E-state index in [-0.39, 0.29) is 5.56 Å². The molecule has 7 heteroatoms. The lowest BCUT2D eigenvalue weighted by Crippen LogP contribution is -2.30. The van der Waals surface area contributed by atoms with E-state index in [9.17, 15) is 22.4 Å². The second kappa shape index (κ2) is 6.43. The van der Waals surface area contributed by atoms with Crippen LogP contribution >= 0.6 is 0 Å². The maximum absolute atomic E-state index is 13.1. The third kappa shape index (κ3) is 4.17. The Balaban J connectivity index is 1.95. The summed E-state index contributed by atoms with van der Waals surface area (Å²) < 4.78 is 50.8. The van der Waals surface area contributed by atoms with Crippen LogP contribution in [-0.2, 0) is 6.18 Å². The predicted molar refractivity (Wildman–Crippen MR) is 69.4 cm³/mol. The maximum atomic E-state index is 13.1. The summed E-state index contributed by atoms with van der Waals surface area (Å²) in [6.45, 7) is 1.32. The normalized spacial score (nSPS) is 18.8. The molecule has 1 aliphatic rings. The molecule has 1 aliphatic heterocycles. The van der Waals surface area contributed by atoms with Gasteiger partial charge >= 0.3 is 6.18 Å². The number of halogens is 4. The molecule has 0 aliphatic carbocycles. The fourth-order valence-corrected chi connectivity index (χ4v) is 2.35. The average molecular weight is 304 g/mol. The lowest BCUT2D eigenvalue weighted by atomic mass is 10.1. The van der Waals surface area contributed by atoms with Crippen LogP contribution in [0.25, 0.3) is 0 Å². The Bertz CT molecular complexity index is 510. The van der Waals surface area contributed by atoms with Crippen LogP contribution in [-0.4, -0.2) is 25.0 Å². The highest BCUT2D eigenvalue weighted by Crippen LogP contribution is 2.31. The minimum absolute atomic E-state index is 0.192. The Labute approximate surface area is 119 Å². The lowest BCUT2D eigenvalue weighted by Gasteiger charge is -2.12. The molecular weight excluding hydrogens is 288 g/mol. The van der Waals surface area contributed by atoms with Crippen molar-refractivity contribution in [2.24, 2.45) is 0 Å². The van der Waals surface area contributed by atoms with Gasteiger partial charge in [-0.05, 0) is 44.0 Å². The van der Waals surface area contributed by atoms with E-state index in [2.05, 4.69) is 10.6 Å². The van der Waals surface area contributed by atoms with Crippen molar-refractivity contribution in [2.45, 2.75) is 31.5 Å². The zero-order chi connectivity index (χ0) is 15.5. The molecule has 0 saturated carbocycles. The highest BCUT2D eigenvalue weighted by atomic mass is 19.4. The summed E-state index contributed by atoms with van der Waals surface area (Å²) in [4.78, 5) is 11.8. The van der Waals surface area contributed by atoms with Crippen molar-refractivity contribution in [2.75, 3.05) is 13.1 Å². The molecular formula is C14H16F4N2O. The molecule has 3 nitrogen and oxygen atoms in total. The molecule has 2 N–H and O–H groups in total. The minimum atomic E-state index is -4.81. The summed E-state index contributed by atoms with van der Waals surface area (Å²) in [6.07, 6.45) is -1.97. The Morgan fingerprint density at radius 2 is 2.14 bits per heavy atom. The van der Waals surface area contributed by atoms with E-state index < -0.39 is 23.5 Å². The van der Waals surface area contributed by atoms with Crippen LogP contribution in [0.1, 0.15) is 35.2 Å². The van der Waals surface area contributed by atoms with Gasteiger partial charge < -0.3 is 10.6 Å². The molecule has 0 unspecified atom stereocenters. The van der Waals surface area contributed by atoms with Crippen molar-refractivity contribution < 1.29 is 22.4 Å².